The van der Waals surface area contributed by atoms with Gasteiger partial charge in [-0.15, -0.1) is 0 Å². The van der Waals surface area contributed by atoms with E-state index in [4.69, 9.17) is 4.74 Å². The van der Waals surface area contributed by atoms with Crippen LogP contribution < -0.4 is 15.4 Å². The third-order valence-corrected chi connectivity index (χ3v) is 4.56. The number of aromatic nitrogens is 2. The first-order valence-corrected chi connectivity index (χ1v) is 9.02. The largest absolute Gasteiger partial charge is 0.489 e. The number of fused-ring (bicyclic) bond motifs is 1. The molecule has 0 aliphatic carbocycles. The lowest BCUT2D eigenvalue weighted by molar-refractivity contribution is -0.118. The van der Waals surface area contributed by atoms with E-state index in [0.29, 0.717) is 18.0 Å². The molecule has 3 aromatic rings. The van der Waals surface area contributed by atoms with Crippen LogP contribution in [0, 0.1) is 6.92 Å². The Morgan fingerprint density at radius 2 is 1.96 bits per heavy atom. The first kappa shape index (κ1) is 17.8. The van der Waals surface area contributed by atoms with Crippen LogP contribution in [0.5, 0.6) is 5.75 Å². The molecular formula is C21H20N4O3. The monoisotopic (exact) mass is 376 g/mol. The van der Waals surface area contributed by atoms with Crippen LogP contribution in [-0.2, 0) is 11.3 Å². The molecule has 1 aliphatic heterocycles. The molecule has 2 N–H and O–H groups in total. The number of ether oxygens (including phenoxy) is 1. The fourth-order valence-electron chi connectivity index (χ4n) is 3.04. The number of hydrogen-bond acceptors (Lipinski definition) is 4. The van der Waals surface area contributed by atoms with Gasteiger partial charge < -0.3 is 15.4 Å². The van der Waals surface area contributed by atoms with Gasteiger partial charge in [0.05, 0.1) is 12.2 Å². The fourth-order valence-corrected chi connectivity index (χ4v) is 3.04. The molecule has 1 aliphatic rings. The molecule has 28 heavy (non-hydrogen) atoms. The van der Waals surface area contributed by atoms with Gasteiger partial charge in [0.15, 0.2) is 0 Å². The molecule has 0 saturated carbocycles. The Kier molecular flexibility index (Phi) is 4.80. The molecular weight excluding hydrogens is 356 g/mol. The topological polar surface area (TPSA) is 85.2 Å². The van der Waals surface area contributed by atoms with Crippen LogP contribution in [0.1, 0.15) is 21.7 Å². The van der Waals surface area contributed by atoms with Gasteiger partial charge in [0.2, 0.25) is 0 Å². The molecule has 2 amide bonds. The molecule has 2 heterocycles. The molecule has 0 fully saturated rings. The number of rotatable bonds is 4. The van der Waals surface area contributed by atoms with Crippen molar-refractivity contribution in [1.29, 1.82) is 0 Å². The quantitative estimate of drug-likeness (QED) is 0.732. The van der Waals surface area contributed by atoms with Crippen LogP contribution >= 0.6 is 0 Å². The Morgan fingerprint density at radius 1 is 1.21 bits per heavy atom. The average molecular weight is 376 g/mol. The van der Waals surface area contributed by atoms with Gasteiger partial charge in [-0.2, -0.15) is 5.10 Å². The summed E-state index contributed by atoms with van der Waals surface area (Å²) in [4.78, 5) is 25.1. The zero-order chi connectivity index (χ0) is 19.5. The number of para-hydroxylation sites is 2. The van der Waals surface area contributed by atoms with Crippen molar-refractivity contribution in [3.8, 4) is 5.75 Å². The number of benzene rings is 2. The van der Waals surface area contributed by atoms with Crippen molar-refractivity contribution in [2.75, 3.05) is 11.9 Å². The Bertz CT molecular complexity index is 1010. The van der Waals surface area contributed by atoms with Crippen molar-refractivity contribution in [3.05, 3.63) is 77.6 Å². The number of carbonyl (C=O) groups excluding carboxylic acids is 2. The Morgan fingerprint density at radius 3 is 2.79 bits per heavy atom. The summed E-state index contributed by atoms with van der Waals surface area (Å²) in [5, 5.41) is 9.88. The summed E-state index contributed by atoms with van der Waals surface area (Å²) >= 11 is 0. The highest BCUT2D eigenvalue weighted by atomic mass is 16.5. The third kappa shape index (κ3) is 3.73. The molecule has 0 radical (unpaired) electrons. The SMILES string of the molecule is Cc1cc(C(=O)N[C@H]2COc3ccccc3NC2=O)nn1Cc1ccccc1. The van der Waals surface area contributed by atoms with E-state index in [2.05, 4.69) is 15.7 Å². The molecule has 7 nitrogen and oxygen atoms in total. The minimum Gasteiger partial charge on any atom is -0.489 e. The summed E-state index contributed by atoms with van der Waals surface area (Å²) in [5.74, 6) is -0.154. The lowest BCUT2D eigenvalue weighted by Crippen LogP contribution is -2.46. The smallest absolute Gasteiger partial charge is 0.272 e. The maximum absolute atomic E-state index is 12.6. The van der Waals surface area contributed by atoms with Crippen LogP contribution in [0.2, 0.25) is 0 Å². The van der Waals surface area contributed by atoms with Gasteiger partial charge in [-0.3, -0.25) is 14.3 Å². The van der Waals surface area contributed by atoms with E-state index in [0.717, 1.165) is 11.3 Å². The van der Waals surface area contributed by atoms with E-state index < -0.39 is 11.9 Å². The summed E-state index contributed by atoms with van der Waals surface area (Å²) < 4.78 is 7.42. The minimum absolute atomic E-state index is 0.0539. The van der Waals surface area contributed by atoms with E-state index >= 15 is 0 Å². The average Bonchev–Trinajstić information content (AvgIpc) is 2.98. The lowest BCUT2D eigenvalue weighted by atomic mass is 10.2. The van der Waals surface area contributed by atoms with Gasteiger partial charge in [0.1, 0.15) is 24.1 Å². The number of nitrogens with zero attached hydrogens (tertiary/aromatic N) is 2. The van der Waals surface area contributed by atoms with Crippen LogP contribution in [0.15, 0.2) is 60.7 Å². The summed E-state index contributed by atoms with van der Waals surface area (Å²) in [6, 6.07) is 18.0. The van der Waals surface area contributed by atoms with E-state index in [-0.39, 0.29) is 18.2 Å². The van der Waals surface area contributed by atoms with Crippen LogP contribution in [0.25, 0.3) is 0 Å². The highest BCUT2D eigenvalue weighted by Gasteiger charge is 2.27. The number of amides is 2. The van der Waals surface area contributed by atoms with E-state index in [9.17, 15) is 9.59 Å². The molecule has 0 unspecified atom stereocenters. The molecule has 142 valence electrons. The molecule has 0 saturated heterocycles. The summed E-state index contributed by atoms with van der Waals surface area (Å²) in [7, 11) is 0. The lowest BCUT2D eigenvalue weighted by Gasteiger charge is -2.13. The number of anilines is 1. The summed E-state index contributed by atoms with van der Waals surface area (Å²) in [6.45, 7) is 2.52. The Balaban J connectivity index is 1.45. The van der Waals surface area contributed by atoms with Crippen LogP contribution in [-0.4, -0.2) is 34.2 Å². The van der Waals surface area contributed by atoms with Gasteiger partial charge in [-0.1, -0.05) is 42.5 Å². The number of carbonyl (C=O) groups is 2. The van der Waals surface area contributed by atoms with E-state index in [1.165, 1.54) is 0 Å². The normalized spacial score (nSPS) is 15.8. The van der Waals surface area contributed by atoms with Gasteiger partial charge in [-0.05, 0) is 30.7 Å². The molecule has 1 aromatic heterocycles. The first-order chi connectivity index (χ1) is 13.6. The van der Waals surface area contributed by atoms with Gasteiger partial charge in [0, 0.05) is 5.69 Å². The second-order valence-corrected chi connectivity index (χ2v) is 6.64. The Hall–Kier alpha value is -3.61. The summed E-state index contributed by atoms with van der Waals surface area (Å²) in [6.07, 6.45) is 0. The number of aryl methyl sites for hydroxylation is 1. The summed E-state index contributed by atoms with van der Waals surface area (Å²) in [5.41, 5.74) is 2.81. The first-order valence-electron chi connectivity index (χ1n) is 9.02. The zero-order valence-corrected chi connectivity index (χ0v) is 15.4. The second-order valence-electron chi connectivity index (χ2n) is 6.64. The van der Waals surface area contributed by atoms with E-state index in [1.807, 2.05) is 49.4 Å². The maximum atomic E-state index is 12.6. The molecule has 7 heteroatoms. The van der Waals surface area contributed by atoms with Gasteiger partial charge in [0.25, 0.3) is 11.8 Å². The second kappa shape index (κ2) is 7.56. The molecule has 4 rings (SSSR count). The number of nitrogens with one attached hydrogen (secondary N) is 2. The number of hydrogen-bond donors (Lipinski definition) is 2. The van der Waals surface area contributed by atoms with Crippen LogP contribution in [0.4, 0.5) is 5.69 Å². The molecule has 2 aromatic carbocycles. The van der Waals surface area contributed by atoms with Crippen molar-refractivity contribution < 1.29 is 14.3 Å². The standard InChI is InChI=1S/C21H20N4O3/c1-14-11-17(24-25(14)12-15-7-3-2-4-8-15)20(26)23-18-13-28-19-10-6-5-9-16(19)22-21(18)27/h2-11,18H,12-13H2,1H3,(H,22,27)(H,23,26)/t18-/m0/s1. The van der Waals surface area contributed by atoms with Crippen molar-refractivity contribution in [1.82, 2.24) is 15.1 Å². The van der Waals surface area contributed by atoms with Gasteiger partial charge in [-0.25, -0.2) is 0 Å². The van der Waals surface area contributed by atoms with Crippen LogP contribution in [0.3, 0.4) is 0 Å². The molecule has 0 bridgehead atoms. The third-order valence-electron chi connectivity index (χ3n) is 4.56. The van der Waals surface area contributed by atoms with E-state index in [1.54, 1.807) is 22.9 Å². The van der Waals surface area contributed by atoms with Crippen molar-refractivity contribution in [3.63, 3.8) is 0 Å². The maximum Gasteiger partial charge on any atom is 0.272 e. The van der Waals surface area contributed by atoms with Crippen molar-refractivity contribution in [2.45, 2.75) is 19.5 Å². The van der Waals surface area contributed by atoms with Gasteiger partial charge >= 0.3 is 0 Å². The van der Waals surface area contributed by atoms with Crippen molar-refractivity contribution in [2.24, 2.45) is 0 Å². The molecule has 1 atom stereocenters. The predicted molar refractivity (Wildman–Crippen MR) is 104 cm³/mol. The fraction of sp³-hybridized carbons (Fsp3) is 0.190. The van der Waals surface area contributed by atoms with Crippen molar-refractivity contribution >= 4 is 17.5 Å². The predicted octanol–water partition coefficient (Wildman–Crippen LogP) is 2.37. The minimum atomic E-state index is -0.806. The highest BCUT2D eigenvalue weighted by Crippen LogP contribution is 2.26. The zero-order valence-electron chi connectivity index (χ0n) is 15.4. The highest BCUT2D eigenvalue weighted by molar-refractivity contribution is 6.01. The molecule has 0 spiro atoms. The Labute approximate surface area is 162 Å².